The van der Waals surface area contributed by atoms with Crippen molar-refractivity contribution in [2.75, 3.05) is 5.73 Å². The predicted molar refractivity (Wildman–Crippen MR) is 80.7 cm³/mol. The van der Waals surface area contributed by atoms with Crippen LogP contribution in [0.15, 0.2) is 18.2 Å². The van der Waals surface area contributed by atoms with E-state index in [0.717, 1.165) is 16.8 Å². The van der Waals surface area contributed by atoms with Crippen LogP contribution in [0.25, 0.3) is 11.3 Å². The van der Waals surface area contributed by atoms with E-state index in [4.69, 9.17) is 28.9 Å². The average Bonchev–Trinajstić information content (AvgIpc) is 2.33. The molecule has 2 rings (SSSR count). The highest BCUT2D eigenvalue weighted by Crippen LogP contribution is 2.33. The van der Waals surface area contributed by atoms with E-state index in [0.29, 0.717) is 21.7 Å². The van der Waals surface area contributed by atoms with Crippen molar-refractivity contribution in [3.63, 3.8) is 0 Å². The van der Waals surface area contributed by atoms with Gasteiger partial charge in [0.1, 0.15) is 11.6 Å². The second-order valence-corrected chi connectivity index (χ2v) is 5.56. The molecule has 0 unspecified atom stereocenters. The maximum Gasteiger partial charge on any atom is 0.133 e. The standard InChI is InChI=1S/C14H15Cl2N3/c1-7(2)14-18-12(8(3)13(17)19-14)10-5-4-9(15)6-11(10)16/h4-7H,1-3H3,(H2,17,18,19). The number of nitrogens with zero attached hydrogens (tertiary/aromatic N) is 2. The molecule has 1 aromatic heterocycles. The van der Waals surface area contributed by atoms with Gasteiger partial charge in [0.05, 0.1) is 10.7 Å². The van der Waals surface area contributed by atoms with Crippen molar-refractivity contribution in [3.8, 4) is 11.3 Å². The molecule has 0 amide bonds. The molecule has 0 aliphatic rings. The second-order valence-electron chi connectivity index (χ2n) is 4.72. The van der Waals surface area contributed by atoms with Crippen LogP contribution in [0.2, 0.25) is 10.0 Å². The Kier molecular flexibility index (Phi) is 3.97. The van der Waals surface area contributed by atoms with Gasteiger partial charge in [0.15, 0.2) is 0 Å². The van der Waals surface area contributed by atoms with Crippen LogP contribution in [0.3, 0.4) is 0 Å². The van der Waals surface area contributed by atoms with E-state index in [1.807, 2.05) is 26.8 Å². The quantitative estimate of drug-likeness (QED) is 0.889. The first kappa shape index (κ1) is 14.1. The Bertz CT molecular complexity index is 624. The summed E-state index contributed by atoms with van der Waals surface area (Å²) in [7, 11) is 0. The summed E-state index contributed by atoms with van der Waals surface area (Å²) >= 11 is 12.1. The van der Waals surface area contributed by atoms with Crippen LogP contribution in [-0.2, 0) is 0 Å². The van der Waals surface area contributed by atoms with Gasteiger partial charge in [-0.3, -0.25) is 0 Å². The lowest BCUT2D eigenvalue weighted by Gasteiger charge is -2.13. The Balaban J connectivity index is 2.67. The number of halogens is 2. The molecule has 1 heterocycles. The minimum absolute atomic E-state index is 0.202. The molecule has 0 fully saturated rings. The van der Waals surface area contributed by atoms with Crippen molar-refractivity contribution in [2.24, 2.45) is 0 Å². The van der Waals surface area contributed by atoms with E-state index in [-0.39, 0.29) is 5.92 Å². The molecule has 5 heteroatoms. The van der Waals surface area contributed by atoms with Gasteiger partial charge in [-0.05, 0) is 25.1 Å². The maximum absolute atomic E-state index is 6.23. The summed E-state index contributed by atoms with van der Waals surface area (Å²) in [4.78, 5) is 8.88. The van der Waals surface area contributed by atoms with Crippen molar-refractivity contribution in [3.05, 3.63) is 39.6 Å². The number of nitrogen functional groups attached to an aromatic ring is 1. The van der Waals surface area contributed by atoms with Crippen molar-refractivity contribution >= 4 is 29.0 Å². The molecule has 0 atom stereocenters. The molecule has 19 heavy (non-hydrogen) atoms. The van der Waals surface area contributed by atoms with Crippen molar-refractivity contribution < 1.29 is 0 Å². The van der Waals surface area contributed by atoms with Crippen LogP contribution in [0.4, 0.5) is 5.82 Å². The molecule has 2 N–H and O–H groups in total. The van der Waals surface area contributed by atoms with Gasteiger partial charge in [-0.15, -0.1) is 0 Å². The highest BCUT2D eigenvalue weighted by molar-refractivity contribution is 6.36. The fourth-order valence-corrected chi connectivity index (χ4v) is 2.25. The van der Waals surface area contributed by atoms with Crippen LogP contribution < -0.4 is 5.73 Å². The molecule has 0 aliphatic heterocycles. The smallest absolute Gasteiger partial charge is 0.133 e. The summed E-state index contributed by atoms with van der Waals surface area (Å²) in [5, 5.41) is 1.15. The largest absolute Gasteiger partial charge is 0.383 e. The molecular weight excluding hydrogens is 281 g/mol. The number of benzene rings is 1. The molecule has 100 valence electrons. The van der Waals surface area contributed by atoms with Crippen LogP contribution >= 0.6 is 23.2 Å². The molecule has 3 nitrogen and oxygen atoms in total. The number of rotatable bonds is 2. The van der Waals surface area contributed by atoms with Gasteiger partial charge in [-0.1, -0.05) is 37.0 Å². The highest BCUT2D eigenvalue weighted by atomic mass is 35.5. The Hall–Kier alpha value is -1.32. The summed E-state index contributed by atoms with van der Waals surface area (Å²) in [5.41, 5.74) is 8.36. The van der Waals surface area contributed by atoms with Crippen LogP contribution in [-0.4, -0.2) is 9.97 Å². The van der Waals surface area contributed by atoms with Gasteiger partial charge in [-0.2, -0.15) is 0 Å². The lowest BCUT2D eigenvalue weighted by Crippen LogP contribution is -2.06. The van der Waals surface area contributed by atoms with Crippen LogP contribution in [0, 0.1) is 6.92 Å². The normalized spacial score (nSPS) is 11.1. The minimum Gasteiger partial charge on any atom is -0.383 e. The number of nitrogens with two attached hydrogens (primary N) is 1. The first-order chi connectivity index (χ1) is 8.90. The summed E-state index contributed by atoms with van der Waals surface area (Å²) in [5.74, 6) is 1.40. The first-order valence-electron chi connectivity index (χ1n) is 5.99. The Morgan fingerprint density at radius 3 is 2.42 bits per heavy atom. The van der Waals surface area contributed by atoms with E-state index >= 15 is 0 Å². The number of hydrogen-bond donors (Lipinski definition) is 1. The van der Waals surface area contributed by atoms with Gasteiger partial charge in [-0.25, -0.2) is 9.97 Å². The Morgan fingerprint density at radius 1 is 1.16 bits per heavy atom. The zero-order valence-corrected chi connectivity index (χ0v) is 12.5. The van der Waals surface area contributed by atoms with E-state index in [9.17, 15) is 0 Å². The Labute approximate surface area is 122 Å². The van der Waals surface area contributed by atoms with E-state index < -0.39 is 0 Å². The topological polar surface area (TPSA) is 51.8 Å². The fourth-order valence-electron chi connectivity index (χ4n) is 1.75. The van der Waals surface area contributed by atoms with Crippen molar-refractivity contribution in [1.82, 2.24) is 9.97 Å². The third-order valence-corrected chi connectivity index (χ3v) is 3.45. The third-order valence-electron chi connectivity index (χ3n) is 2.90. The summed E-state index contributed by atoms with van der Waals surface area (Å²) in [6.07, 6.45) is 0. The zero-order valence-electron chi connectivity index (χ0n) is 11.0. The summed E-state index contributed by atoms with van der Waals surface area (Å²) < 4.78 is 0. The van der Waals surface area contributed by atoms with Crippen LogP contribution in [0.1, 0.15) is 31.2 Å². The minimum atomic E-state index is 0.202. The molecule has 0 aliphatic carbocycles. The maximum atomic E-state index is 6.23. The number of hydrogen-bond acceptors (Lipinski definition) is 3. The van der Waals surface area contributed by atoms with Crippen molar-refractivity contribution in [2.45, 2.75) is 26.7 Å². The predicted octanol–water partition coefficient (Wildman–Crippen LogP) is 4.46. The first-order valence-corrected chi connectivity index (χ1v) is 6.75. The molecule has 0 saturated carbocycles. The number of aromatic nitrogens is 2. The average molecular weight is 296 g/mol. The van der Waals surface area contributed by atoms with E-state index in [2.05, 4.69) is 9.97 Å². The third kappa shape index (κ3) is 2.82. The lowest BCUT2D eigenvalue weighted by molar-refractivity contribution is 0.776. The molecule has 0 spiro atoms. The molecule has 0 bridgehead atoms. The van der Waals surface area contributed by atoms with Gasteiger partial charge in [0, 0.05) is 22.1 Å². The van der Waals surface area contributed by atoms with Gasteiger partial charge >= 0.3 is 0 Å². The van der Waals surface area contributed by atoms with E-state index in [1.165, 1.54) is 0 Å². The zero-order chi connectivity index (χ0) is 14.2. The van der Waals surface area contributed by atoms with Gasteiger partial charge in [0.2, 0.25) is 0 Å². The monoisotopic (exact) mass is 295 g/mol. The van der Waals surface area contributed by atoms with Gasteiger partial charge in [0.25, 0.3) is 0 Å². The fraction of sp³-hybridized carbons (Fsp3) is 0.286. The Morgan fingerprint density at radius 2 is 1.84 bits per heavy atom. The summed E-state index contributed by atoms with van der Waals surface area (Å²) in [6, 6.07) is 5.34. The van der Waals surface area contributed by atoms with Crippen LogP contribution in [0.5, 0.6) is 0 Å². The van der Waals surface area contributed by atoms with Gasteiger partial charge < -0.3 is 5.73 Å². The van der Waals surface area contributed by atoms with E-state index in [1.54, 1.807) is 12.1 Å². The van der Waals surface area contributed by atoms with Crippen molar-refractivity contribution in [1.29, 1.82) is 0 Å². The highest BCUT2D eigenvalue weighted by Gasteiger charge is 2.15. The lowest BCUT2D eigenvalue weighted by atomic mass is 10.1. The summed E-state index contributed by atoms with van der Waals surface area (Å²) in [6.45, 7) is 5.94. The SMILES string of the molecule is Cc1c(N)nc(C(C)C)nc1-c1ccc(Cl)cc1Cl. The molecule has 0 saturated heterocycles. The molecule has 1 aromatic carbocycles. The molecule has 2 aromatic rings. The molecular formula is C14H15Cl2N3. The molecule has 0 radical (unpaired) electrons. The second kappa shape index (κ2) is 5.35. The number of anilines is 1.